The van der Waals surface area contributed by atoms with Gasteiger partial charge in [0.1, 0.15) is 0 Å². The van der Waals surface area contributed by atoms with Gasteiger partial charge in [-0.15, -0.1) is 11.6 Å². The van der Waals surface area contributed by atoms with E-state index in [-0.39, 0.29) is 0 Å². The third-order valence-corrected chi connectivity index (χ3v) is 3.16. The summed E-state index contributed by atoms with van der Waals surface area (Å²) in [7, 11) is 0. The van der Waals surface area contributed by atoms with Gasteiger partial charge in [-0.25, -0.2) is 0 Å². The third-order valence-electron chi connectivity index (χ3n) is 2.89. The first-order valence-electron chi connectivity index (χ1n) is 6.43. The van der Waals surface area contributed by atoms with Crippen molar-refractivity contribution in [2.75, 3.05) is 5.88 Å². The van der Waals surface area contributed by atoms with Crippen LogP contribution < -0.4 is 0 Å². The Morgan fingerprint density at radius 3 is 2.50 bits per heavy atom. The number of halogens is 1. The van der Waals surface area contributed by atoms with E-state index >= 15 is 0 Å². The van der Waals surface area contributed by atoms with Crippen LogP contribution in [0.3, 0.4) is 0 Å². The van der Waals surface area contributed by atoms with Gasteiger partial charge >= 0.3 is 0 Å². The van der Waals surface area contributed by atoms with Crippen LogP contribution >= 0.6 is 11.6 Å². The highest BCUT2D eigenvalue weighted by atomic mass is 35.5. The second kappa shape index (κ2) is 7.72. The molecule has 0 bridgehead atoms. The van der Waals surface area contributed by atoms with E-state index in [0.29, 0.717) is 0 Å². The fourth-order valence-corrected chi connectivity index (χ4v) is 2.06. The van der Waals surface area contributed by atoms with Crippen molar-refractivity contribution < 1.29 is 0 Å². The van der Waals surface area contributed by atoms with E-state index in [1.165, 1.54) is 30.7 Å². The fourth-order valence-electron chi connectivity index (χ4n) is 1.88. The largest absolute Gasteiger partial charge is 0.269 e. The van der Waals surface area contributed by atoms with Crippen LogP contribution in [0.15, 0.2) is 6.07 Å². The number of alkyl halides is 1. The Balaban J connectivity index is 2.37. The van der Waals surface area contributed by atoms with E-state index in [1.54, 1.807) is 0 Å². The lowest BCUT2D eigenvalue weighted by Gasteiger charge is -2.05. The van der Waals surface area contributed by atoms with Crippen LogP contribution in [0.25, 0.3) is 0 Å². The summed E-state index contributed by atoms with van der Waals surface area (Å²) in [5, 5.41) is 4.61. The molecule has 1 aromatic rings. The van der Waals surface area contributed by atoms with Gasteiger partial charge in [-0.1, -0.05) is 26.7 Å². The maximum absolute atomic E-state index is 5.65. The summed E-state index contributed by atoms with van der Waals surface area (Å²) in [5.74, 6) is 0.794. The Hall–Kier alpha value is -0.500. The minimum absolute atomic E-state index is 0.794. The van der Waals surface area contributed by atoms with Crippen LogP contribution in [0, 0.1) is 0 Å². The Morgan fingerprint density at radius 1 is 1.12 bits per heavy atom. The molecular formula is C13H23ClN2. The predicted molar refractivity (Wildman–Crippen MR) is 70.2 cm³/mol. The van der Waals surface area contributed by atoms with Crippen molar-refractivity contribution in [2.24, 2.45) is 0 Å². The zero-order valence-electron chi connectivity index (χ0n) is 10.5. The van der Waals surface area contributed by atoms with Gasteiger partial charge in [0.2, 0.25) is 0 Å². The summed E-state index contributed by atoms with van der Waals surface area (Å²) >= 11 is 5.65. The lowest BCUT2D eigenvalue weighted by Crippen LogP contribution is -2.04. The number of unbranched alkanes of at least 4 members (excludes halogenated alkanes) is 3. The van der Waals surface area contributed by atoms with Gasteiger partial charge in [0.05, 0.1) is 5.69 Å². The molecule has 1 rings (SSSR count). The molecule has 1 heterocycles. The molecular weight excluding hydrogens is 220 g/mol. The molecule has 0 saturated carbocycles. The highest BCUT2D eigenvalue weighted by molar-refractivity contribution is 6.17. The summed E-state index contributed by atoms with van der Waals surface area (Å²) in [6.45, 7) is 5.42. The first kappa shape index (κ1) is 13.6. The van der Waals surface area contributed by atoms with Crippen molar-refractivity contribution in [3.05, 3.63) is 17.5 Å². The maximum atomic E-state index is 5.65. The monoisotopic (exact) mass is 242 g/mol. The van der Waals surface area contributed by atoms with Crippen molar-refractivity contribution in [3.63, 3.8) is 0 Å². The number of aryl methyl sites for hydroxylation is 3. The Kier molecular flexibility index (Phi) is 6.55. The molecule has 0 spiro atoms. The highest BCUT2D eigenvalue weighted by Crippen LogP contribution is 2.09. The number of rotatable bonds is 8. The molecule has 0 aliphatic carbocycles. The third kappa shape index (κ3) is 4.17. The lowest BCUT2D eigenvalue weighted by atomic mass is 10.2. The van der Waals surface area contributed by atoms with Crippen molar-refractivity contribution in [1.82, 2.24) is 9.78 Å². The molecule has 0 amide bonds. The molecule has 0 saturated heterocycles. The predicted octanol–water partition coefficient (Wildman–Crippen LogP) is 3.81. The topological polar surface area (TPSA) is 17.8 Å². The summed E-state index contributed by atoms with van der Waals surface area (Å²) in [4.78, 5) is 0. The van der Waals surface area contributed by atoms with E-state index in [4.69, 9.17) is 11.6 Å². The SMILES string of the molecule is CCc1cc(CC)n(CCCCCCCl)n1. The Morgan fingerprint density at radius 2 is 1.88 bits per heavy atom. The van der Waals surface area contributed by atoms with E-state index in [9.17, 15) is 0 Å². The van der Waals surface area contributed by atoms with E-state index in [0.717, 1.165) is 31.7 Å². The van der Waals surface area contributed by atoms with Gasteiger partial charge < -0.3 is 0 Å². The lowest BCUT2D eigenvalue weighted by molar-refractivity contribution is 0.523. The van der Waals surface area contributed by atoms with Crippen LogP contribution in [0.4, 0.5) is 0 Å². The van der Waals surface area contributed by atoms with Crippen LogP contribution in [0.1, 0.15) is 50.9 Å². The molecule has 92 valence electrons. The van der Waals surface area contributed by atoms with Gasteiger partial charge in [0.15, 0.2) is 0 Å². The second-order valence-corrected chi connectivity index (χ2v) is 4.54. The van der Waals surface area contributed by atoms with Crippen molar-refractivity contribution in [3.8, 4) is 0 Å². The smallest absolute Gasteiger partial charge is 0.0624 e. The van der Waals surface area contributed by atoms with Crippen molar-refractivity contribution >= 4 is 11.6 Å². The van der Waals surface area contributed by atoms with Crippen LogP contribution in [-0.4, -0.2) is 15.7 Å². The molecule has 16 heavy (non-hydrogen) atoms. The van der Waals surface area contributed by atoms with Crippen molar-refractivity contribution in [2.45, 2.75) is 58.9 Å². The van der Waals surface area contributed by atoms with Gasteiger partial charge in [-0.3, -0.25) is 4.68 Å². The van der Waals surface area contributed by atoms with E-state index < -0.39 is 0 Å². The summed E-state index contributed by atoms with van der Waals surface area (Å²) in [6, 6.07) is 2.23. The number of hydrogen-bond donors (Lipinski definition) is 0. The first-order chi connectivity index (χ1) is 7.81. The number of hydrogen-bond acceptors (Lipinski definition) is 1. The minimum atomic E-state index is 0.794. The van der Waals surface area contributed by atoms with Gasteiger partial charge in [0, 0.05) is 18.1 Å². The molecule has 0 unspecified atom stereocenters. The van der Waals surface area contributed by atoms with Crippen LogP contribution in [0.5, 0.6) is 0 Å². The summed E-state index contributed by atoms with van der Waals surface area (Å²) in [5.41, 5.74) is 2.59. The first-order valence-corrected chi connectivity index (χ1v) is 6.96. The molecule has 0 atom stereocenters. The molecule has 0 aromatic carbocycles. The molecule has 0 aliphatic heterocycles. The summed E-state index contributed by atoms with van der Waals surface area (Å²) < 4.78 is 2.18. The normalized spacial score (nSPS) is 10.9. The maximum Gasteiger partial charge on any atom is 0.0624 e. The zero-order chi connectivity index (χ0) is 11.8. The summed E-state index contributed by atoms with van der Waals surface area (Å²) in [6.07, 6.45) is 6.97. The van der Waals surface area contributed by atoms with Gasteiger partial charge in [0.25, 0.3) is 0 Å². The zero-order valence-corrected chi connectivity index (χ0v) is 11.3. The quantitative estimate of drug-likeness (QED) is 0.501. The second-order valence-electron chi connectivity index (χ2n) is 4.16. The average Bonchev–Trinajstić information content (AvgIpc) is 2.71. The Bertz CT molecular complexity index is 294. The number of aromatic nitrogens is 2. The number of nitrogens with zero attached hydrogens (tertiary/aromatic N) is 2. The van der Waals surface area contributed by atoms with E-state index in [1.807, 2.05) is 0 Å². The minimum Gasteiger partial charge on any atom is -0.269 e. The molecule has 2 nitrogen and oxygen atoms in total. The van der Waals surface area contributed by atoms with Gasteiger partial charge in [-0.05, 0) is 31.7 Å². The van der Waals surface area contributed by atoms with E-state index in [2.05, 4.69) is 29.7 Å². The highest BCUT2D eigenvalue weighted by Gasteiger charge is 2.04. The van der Waals surface area contributed by atoms with Gasteiger partial charge in [-0.2, -0.15) is 5.10 Å². The fraction of sp³-hybridized carbons (Fsp3) is 0.769. The molecule has 0 fully saturated rings. The molecule has 0 radical (unpaired) electrons. The molecule has 0 aliphatic rings. The van der Waals surface area contributed by atoms with Crippen LogP contribution in [-0.2, 0) is 19.4 Å². The standard InChI is InChI=1S/C13H23ClN2/c1-3-12-11-13(4-2)16(15-12)10-8-6-5-7-9-14/h11H,3-10H2,1-2H3. The molecule has 3 heteroatoms. The van der Waals surface area contributed by atoms with Crippen molar-refractivity contribution in [1.29, 1.82) is 0 Å². The average molecular weight is 243 g/mol. The molecule has 0 N–H and O–H groups in total. The Labute approximate surface area is 104 Å². The van der Waals surface area contributed by atoms with Crippen LogP contribution in [0.2, 0.25) is 0 Å². The molecule has 1 aromatic heterocycles.